The molecule has 5 nitrogen and oxygen atoms in total. The van der Waals surface area contributed by atoms with Crippen molar-refractivity contribution in [2.45, 2.75) is 37.9 Å². The maximum absolute atomic E-state index is 12.1. The number of benzene rings is 1. The Balaban J connectivity index is 1.92. The number of hydrogen-bond donors (Lipinski definition) is 3. The van der Waals surface area contributed by atoms with Crippen LogP contribution in [0.3, 0.4) is 0 Å². The molecule has 0 radical (unpaired) electrons. The quantitative estimate of drug-likeness (QED) is 0.786. The van der Waals surface area contributed by atoms with Crippen LogP contribution in [0.4, 0.5) is 13.2 Å². The van der Waals surface area contributed by atoms with Crippen LogP contribution in [-0.4, -0.2) is 36.1 Å². The molecule has 22 heavy (non-hydrogen) atoms. The lowest BCUT2D eigenvalue weighted by molar-refractivity contribution is -0.274. The summed E-state index contributed by atoms with van der Waals surface area (Å²) < 4.78 is 40.0. The van der Waals surface area contributed by atoms with E-state index in [1.54, 1.807) is 6.92 Å². The first-order chi connectivity index (χ1) is 10.2. The number of aliphatic hydroxyl groups excluding tert-OH is 1. The van der Waals surface area contributed by atoms with Gasteiger partial charge in [-0.3, -0.25) is 4.79 Å². The highest BCUT2D eigenvalue weighted by molar-refractivity contribution is 5.82. The smallest absolute Gasteiger partial charge is 0.406 e. The normalized spacial score (nSPS) is 23.1. The van der Waals surface area contributed by atoms with Crippen molar-refractivity contribution >= 4 is 5.91 Å². The molecular weight excluding hydrogens is 301 g/mol. The van der Waals surface area contributed by atoms with Crippen molar-refractivity contribution in [2.24, 2.45) is 0 Å². The molecule has 122 valence electrons. The molecule has 0 aromatic heterocycles. The number of aliphatic hydroxyl groups is 1. The topological polar surface area (TPSA) is 70.6 Å². The van der Waals surface area contributed by atoms with Crippen LogP contribution in [0.5, 0.6) is 5.75 Å². The van der Waals surface area contributed by atoms with Crippen molar-refractivity contribution in [1.82, 2.24) is 10.6 Å². The van der Waals surface area contributed by atoms with Gasteiger partial charge in [-0.05, 0) is 31.0 Å². The molecule has 1 amide bonds. The summed E-state index contributed by atoms with van der Waals surface area (Å²) in [5, 5.41) is 15.0. The first-order valence-corrected chi connectivity index (χ1v) is 6.82. The summed E-state index contributed by atoms with van der Waals surface area (Å²) in [7, 11) is 0. The zero-order valence-corrected chi connectivity index (χ0v) is 11.9. The zero-order valence-electron chi connectivity index (χ0n) is 11.9. The van der Waals surface area contributed by atoms with Gasteiger partial charge in [-0.1, -0.05) is 12.1 Å². The Hall–Kier alpha value is -1.80. The Morgan fingerprint density at radius 1 is 1.41 bits per heavy atom. The van der Waals surface area contributed by atoms with Gasteiger partial charge in [0.2, 0.25) is 5.91 Å². The van der Waals surface area contributed by atoms with Gasteiger partial charge >= 0.3 is 6.36 Å². The second-order valence-electron chi connectivity index (χ2n) is 5.20. The average Bonchev–Trinajstić information content (AvgIpc) is 2.84. The molecule has 8 heteroatoms. The Bertz CT molecular complexity index is 519. The van der Waals surface area contributed by atoms with Crippen LogP contribution in [0.2, 0.25) is 0 Å². The summed E-state index contributed by atoms with van der Waals surface area (Å²) in [6.45, 7) is 2.10. The Morgan fingerprint density at radius 3 is 2.55 bits per heavy atom. The molecule has 0 aliphatic carbocycles. The van der Waals surface area contributed by atoms with Crippen molar-refractivity contribution in [2.75, 3.05) is 6.54 Å². The lowest BCUT2D eigenvalue weighted by Gasteiger charge is -2.18. The van der Waals surface area contributed by atoms with Crippen LogP contribution in [0.15, 0.2) is 24.3 Å². The number of rotatable bonds is 4. The lowest BCUT2D eigenvalue weighted by atomic mass is 10.1. The van der Waals surface area contributed by atoms with E-state index in [4.69, 9.17) is 0 Å². The summed E-state index contributed by atoms with van der Waals surface area (Å²) in [4.78, 5) is 12.0. The minimum atomic E-state index is -4.73. The second kappa shape index (κ2) is 6.53. The third-order valence-corrected chi connectivity index (χ3v) is 3.40. The fourth-order valence-corrected chi connectivity index (χ4v) is 2.27. The fourth-order valence-electron chi connectivity index (χ4n) is 2.27. The molecule has 2 rings (SSSR count). The standard InChI is InChI=1S/C14H17F3N2O3/c1-8(19-13(21)12-6-10(20)7-18-12)9-2-4-11(5-3-9)22-14(15,16)17/h2-5,8,10,12,18,20H,6-7H2,1H3,(H,19,21)/t8-,10-,12-/m0/s1. The number of hydrogen-bond acceptors (Lipinski definition) is 4. The summed E-state index contributed by atoms with van der Waals surface area (Å²) in [6, 6.07) is 4.50. The molecular formula is C14H17F3N2O3. The molecule has 1 fully saturated rings. The van der Waals surface area contributed by atoms with Gasteiger partial charge in [-0.15, -0.1) is 13.2 Å². The first-order valence-electron chi connectivity index (χ1n) is 6.82. The molecule has 3 N–H and O–H groups in total. The highest BCUT2D eigenvalue weighted by Crippen LogP contribution is 2.24. The minimum absolute atomic E-state index is 0.250. The maximum atomic E-state index is 12.1. The van der Waals surface area contributed by atoms with Crippen LogP contribution < -0.4 is 15.4 Å². The zero-order chi connectivity index (χ0) is 16.3. The number of carbonyl (C=O) groups is 1. The van der Waals surface area contributed by atoms with Crippen molar-refractivity contribution in [3.05, 3.63) is 29.8 Å². The van der Waals surface area contributed by atoms with E-state index in [1.165, 1.54) is 24.3 Å². The van der Waals surface area contributed by atoms with Crippen molar-refractivity contribution in [1.29, 1.82) is 0 Å². The predicted molar refractivity (Wildman–Crippen MR) is 72.1 cm³/mol. The van der Waals surface area contributed by atoms with Gasteiger partial charge in [-0.25, -0.2) is 0 Å². The molecule has 0 spiro atoms. The third-order valence-electron chi connectivity index (χ3n) is 3.40. The highest BCUT2D eigenvalue weighted by Gasteiger charge is 2.31. The van der Waals surface area contributed by atoms with Gasteiger partial charge < -0.3 is 20.5 Å². The first kappa shape index (κ1) is 16.6. The number of halogens is 3. The van der Waals surface area contributed by atoms with Crippen molar-refractivity contribution in [3.63, 3.8) is 0 Å². The second-order valence-corrected chi connectivity index (χ2v) is 5.20. The van der Waals surface area contributed by atoms with E-state index >= 15 is 0 Å². The van der Waals surface area contributed by atoms with E-state index in [-0.39, 0.29) is 17.7 Å². The third kappa shape index (κ3) is 4.60. The summed E-state index contributed by atoms with van der Waals surface area (Å²) in [5.41, 5.74) is 0.654. The molecule has 1 aliphatic rings. The molecule has 1 saturated heterocycles. The summed E-state index contributed by atoms with van der Waals surface area (Å²) in [5.74, 6) is -0.560. The lowest BCUT2D eigenvalue weighted by Crippen LogP contribution is -2.41. The van der Waals surface area contributed by atoms with Crippen LogP contribution >= 0.6 is 0 Å². The van der Waals surface area contributed by atoms with Crippen molar-refractivity contribution in [3.8, 4) is 5.75 Å². The molecule has 1 aromatic rings. The van der Waals surface area contributed by atoms with Crippen LogP contribution in [0.1, 0.15) is 24.9 Å². The van der Waals surface area contributed by atoms with Gasteiger partial charge in [0.05, 0.1) is 18.2 Å². The molecule has 0 saturated carbocycles. The van der Waals surface area contributed by atoms with Crippen LogP contribution in [0, 0.1) is 0 Å². The molecule has 0 bridgehead atoms. The van der Waals surface area contributed by atoms with Crippen LogP contribution in [-0.2, 0) is 4.79 Å². The van der Waals surface area contributed by atoms with E-state index in [0.717, 1.165) is 0 Å². The molecule has 1 aliphatic heterocycles. The van der Waals surface area contributed by atoms with Gasteiger partial charge in [0, 0.05) is 6.54 Å². The summed E-state index contributed by atoms with van der Waals surface area (Å²) >= 11 is 0. The fraction of sp³-hybridized carbons (Fsp3) is 0.500. The maximum Gasteiger partial charge on any atom is 0.573 e. The number of β-amino-alcohol motifs (C(OH)–C–C–N with tert-alkyl or cyclic N) is 1. The number of nitrogens with one attached hydrogen (secondary N) is 2. The molecule has 0 unspecified atom stereocenters. The molecule has 3 atom stereocenters. The Morgan fingerprint density at radius 2 is 2.05 bits per heavy atom. The largest absolute Gasteiger partial charge is 0.573 e. The molecule has 1 aromatic carbocycles. The van der Waals surface area contributed by atoms with E-state index in [0.29, 0.717) is 18.5 Å². The van der Waals surface area contributed by atoms with Crippen molar-refractivity contribution < 1.29 is 27.8 Å². The minimum Gasteiger partial charge on any atom is -0.406 e. The van der Waals surface area contributed by atoms with E-state index in [1.807, 2.05) is 0 Å². The number of amides is 1. The van der Waals surface area contributed by atoms with Gasteiger partial charge in [0.25, 0.3) is 0 Å². The Labute approximate surface area is 125 Å². The van der Waals surface area contributed by atoms with Crippen LogP contribution in [0.25, 0.3) is 0 Å². The number of alkyl halides is 3. The number of carbonyl (C=O) groups excluding carboxylic acids is 1. The summed E-state index contributed by atoms with van der Waals surface area (Å²) in [6.07, 6.45) is -4.92. The average molecular weight is 318 g/mol. The number of ether oxygens (including phenoxy) is 1. The monoisotopic (exact) mass is 318 g/mol. The van der Waals surface area contributed by atoms with E-state index in [2.05, 4.69) is 15.4 Å². The van der Waals surface area contributed by atoms with E-state index in [9.17, 15) is 23.1 Å². The highest BCUT2D eigenvalue weighted by atomic mass is 19.4. The van der Waals surface area contributed by atoms with Gasteiger partial charge in [-0.2, -0.15) is 0 Å². The SMILES string of the molecule is C[C@H](NC(=O)[C@@H]1C[C@H](O)CN1)c1ccc(OC(F)(F)F)cc1. The van der Waals surface area contributed by atoms with E-state index < -0.39 is 18.5 Å². The van der Waals surface area contributed by atoms with Gasteiger partial charge in [0.15, 0.2) is 0 Å². The Kier molecular flexibility index (Phi) is 4.92. The molecule has 1 heterocycles. The van der Waals surface area contributed by atoms with Gasteiger partial charge in [0.1, 0.15) is 5.75 Å². The predicted octanol–water partition coefficient (Wildman–Crippen LogP) is 1.49.